The van der Waals surface area contributed by atoms with Crippen LogP contribution in [-0.4, -0.2) is 29.5 Å². The summed E-state index contributed by atoms with van der Waals surface area (Å²) in [6.07, 6.45) is 2.36. The first-order valence-corrected chi connectivity index (χ1v) is 7.83. The number of carbonyl (C=O) groups excluding carboxylic acids is 2. The van der Waals surface area contributed by atoms with Gasteiger partial charge in [-0.15, -0.1) is 0 Å². The number of hydrogen-bond donors (Lipinski definition) is 3. The maximum absolute atomic E-state index is 13.8. The van der Waals surface area contributed by atoms with E-state index in [1.165, 1.54) is 24.4 Å². The Morgan fingerprint density at radius 2 is 2.00 bits per heavy atom. The van der Waals surface area contributed by atoms with Gasteiger partial charge in [-0.25, -0.2) is 9.37 Å². The second kappa shape index (κ2) is 7.71. The van der Waals surface area contributed by atoms with Crippen molar-refractivity contribution in [2.45, 2.75) is 18.9 Å². The fourth-order valence-corrected chi connectivity index (χ4v) is 2.43. The monoisotopic (exact) mass is 344 g/mol. The number of hydrazine groups is 1. The molecule has 0 spiro atoms. The van der Waals surface area contributed by atoms with Gasteiger partial charge in [-0.1, -0.05) is 12.1 Å². The molecule has 0 saturated carbocycles. The summed E-state index contributed by atoms with van der Waals surface area (Å²) in [5.41, 5.74) is 5.01. The molecule has 0 unspecified atom stereocenters. The van der Waals surface area contributed by atoms with Crippen LogP contribution in [0.15, 0.2) is 42.6 Å². The van der Waals surface area contributed by atoms with E-state index in [0.717, 1.165) is 6.42 Å². The van der Waals surface area contributed by atoms with Gasteiger partial charge in [0.05, 0.1) is 11.3 Å². The van der Waals surface area contributed by atoms with Crippen LogP contribution >= 0.6 is 0 Å². The number of rotatable bonds is 4. The van der Waals surface area contributed by atoms with Crippen LogP contribution in [0.3, 0.4) is 0 Å². The number of benzene rings is 1. The van der Waals surface area contributed by atoms with E-state index in [0.29, 0.717) is 13.0 Å². The van der Waals surface area contributed by atoms with Gasteiger partial charge in [0, 0.05) is 12.8 Å². The topological polar surface area (TPSA) is 92.4 Å². The van der Waals surface area contributed by atoms with E-state index < -0.39 is 23.7 Å². The Balaban J connectivity index is 1.68. The molecule has 1 atom stereocenters. The summed E-state index contributed by atoms with van der Waals surface area (Å²) in [5, 5.41) is 2.78. The van der Waals surface area contributed by atoms with E-state index in [1.807, 2.05) is 0 Å². The van der Waals surface area contributed by atoms with Gasteiger partial charge in [0.1, 0.15) is 17.7 Å². The maximum Gasteiger partial charge on any atom is 0.273 e. The van der Waals surface area contributed by atoms with Gasteiger partial charge >= 0.3 is 0 Å². The average molecular weight is 344 g/mol. The van der Waals surface area contributed by atoms with Crippen molar-refractivity contribution in [1.29, 1.82) is 0 Å². The second-order valence-corrected chi connectivity index (χ2v) is 5.45. The quantitative estimate of drug-likeness (QED) is 0.737. The van der Waals surface area contributed by atoms with Crippen molar-refractivity contribution in [3.8, 4) is 0 Å². The summed E-state index contributed by atoms with van der Waals surface area (Å²) < 4.78 is 19.0. The first-order chi connectivity index (χ1) is 12.1. The van der Waals surface area contributed by atoms with E-state index in [-0.39, 0.29) is 17.1 Å². The van der Waals surface area contributed by atoms with E-state index >= 15 is 0 Å². The third kappa shape index (κ3) is 4.10. The summed E-state index contributed by atoms with van der Waals surface area (Å²) in [6, 6.07) is 9.15. The molecule has 1 aromatic heterocycles. The summed E-state index contributed by atoms with van der Waals surface area (Å²) in [4.78, 5) is 28.3. The van der Waals surface area contributed by atoms with Gasteiger partial charge in [0.2, 0.25) is 0 Å². The Hall–Kier alpha value is -3.00. The lowest BCUT2D eigenvalue weighted by Gasteiger charge is -2.13. The van der Waals surface area contributed by atoms with Gasteiger partial charge < -0.3 is 10.1 Å². The van der Waals surface area contributed by atoms with Crippen LogP contribution in [0.25, 0.3) is 0 Å². The largest absolute Gasteiger partial charge is 0.368 e. The van der Waals surface area contributed by atoms with Crippen molar-refractivity contribution < 1.29 is 18.7 Å². The minimum Gasteiger partial charge on any atom is -0.368 e. The summed E-state index contributed by atoms with van der Waals surface area (Å²) in [7, 11) is 0. The van der Waals surface area contributed by atoms with Crippen molar-refractivity contribution >= 4 is 23.3 Å². The zero-order valence-corrected chi connectivity index (χ0v) is 13.3. The molecular weight excluding hydrogens is 327 g/mol. The SMILES string of the molecule is O=C(NNC(=O)[C@H]1CCCO1)c1cccnc1Nc1ccccc1F. The fraction of sp³-hybridized carbons (Fsp3) is 0.235. The van der Waals surface area contributed by atoms with Crippen molar-refractivity contribution in [1.82, 2.24) is 15.8 Å². The molecule has 7 nitrogen and oxygen atoms in total. The van der Waals surface area contributed by atoms with Crippen molar-refractivity contribution in [3.05, 3.63) is 54.0 Å². The van der Waals surface area contributed by atoms with Gasteiger partial charge in [0.15, 0.2) is 0 Å². The van der Waals surface area contributed by atoms with E-state index in [2.05, 4.69) is 21.2 Å². The van der Waals surface area contributed by atoms with Crippen molar-refractivity contribution in [2.75, 3.05) is 11.9 Å². The van der Waals surface area contributed by atoms with Crippen LogP contribution in [0.5, 0.6) is 0 Å². The second-order valence-electron chi connectivity index (χ2n) is 5.45. The van der Waals surface area contributed by atoms with Crippen LogP contribution in [0, 0.1) is 5.82 Å². The average Bonchev–Trinajstić information content (AvgIpc) is 3.16. The number of nitrogens with zero attached hydrogens (tertiary/aromatic N) is 1. The zero-order chi connectivity index (χ0) is 17.6. The number of amides is 2. The van der Waals surface area contributed by atoms with Gasteiger partial charge in [-0.3, -0.25) is 20.4 Å². The Kier molecular flexibility index (Phi) is 5.20. The van der Waals surface area contributed by atoms with Crippen molar-refractivity contribution in [2.24, 2.45) is 0 Å². The van der Waals surface area contributed by atoms with Crippen LogP contribution < -0.4 is 16.2 Å². The maximum atomic E-state index is 13.8. The molecule has 3 N–H and O–H groups in total. The highest BCUT2D eigenvalue weighted by Gasteiger charge is 2.24. The minimum absolute atomic E-state index is 0.165. The van der Waals surface area contributed by atoms with E-state index in [1.54, 1.807) is 18.2 Å². The predicted molar refractivity (Wildman–Crippen MR) is 88.5 cm³/mol. The fourth-order valence-electron chi connectivity index (χ4n) is 2.43. The molecule has 2 aromatic rings. The summed E-state index contributed by atoms with van der Waals surface area (Å²) in [6.45, 7) is 0.533. The van der Waals surface area contributed by atoms with Gasteiger partial charge in [-0.2, -0.15) is 0 Å². The lowest BCUT2D eigenvalue weighted by Crippen LogP contribution is -2.46. The number of carbonyl (C=O) groups is 2. The molecule has 0 aliphatic carbocycles. The highest BCUT2D eigenvalue weighted by atomic mass is 19.1. The molecule has 3 rings (SSSR count). The summed E-state index contributed by atoms with van der Waals surface area (Å²) in [5.74, 6) is -1.26. The molecule has 1 saturated heterocycles. The lowest BCUT2D eigenvalue weighted by molar-refractivity contribution is -0.130. The van der Waals surface area contributed by atoms with Crippen LogP contribution in [0.1, 0.15) is 23.2 Å². The number of aromatic nitrogens is 1. The standard InChI is InChI=1S/C17H17FN4O3/c18-12-6-1-2-7-13(12)20-15-11(5-3-9-19-15)16(23)21-22-17(24)14-8-4-10-25-14/h1-3,5-7,9,14H,4,8,10H2,(H,19,20)(H,21,23)(H,22,24)/t14-/m1/s1. The number of hydrogen-bond acceptors (Lipinski definition) is 5. The lowest BCUT2D eigenvalue weighted by atomic mass is 10.2. The minimum atomic E-state index is -0.571. The first kappa shape index (κ1) is 16.8. The van der Waals surface area contributed by atoms with E-state index in [9.17, 15) is 14.0 Å². The third-order valence-electron chi connectivity index (χ3n) is 3.70. The van der Waals surface area contributed by atoms with Crippen LogP contribution in [-0.2, 0) is 9.53 Å². The molecule has 25 heavy (non-hydrogen) atoms. The molecule has 130 valence electrons. The van der Waals surface area contributed by atoms with Crippen LogP contribution in [0.2, 0.25) is 0 Å². The van der Waals surface area contributed by atoms with Crippen LogP contribution in [0.4, 0.5) is 15.9 Å². The number of halogens is 1. The third-order valence-corrected chi connectivity index (χ3v) is 3.70. The molecule has 0 bridgehead atoms. The molecule has 2 amide bonds. The van der Waals surface area contributed by atoms with Gasteiger partial charge in [0.25, 0.3) is 11.8 Å². The normalized spacial score (nSPS) is 16.3. The molecule has 1 aliphatic rings. The number of para-hydroxylation sites is 1. The Bertz CT molecular complexity index is 778. The number of pyridine rings is 1. The molecule has 1 aliphatic heterocycles. The molecule has 1 aromatic carbocycles. The molecule has 1 fully saturated rings. The Morgan fingerprint density at radius 3 is 2.76 bits per heavy atom. The molecule has 0 radical (unpaired) electrons. The summed E-state index contributed by atoms with van der Waals surface area (Å²) >= 11 is 0. The molecule has 8 heteroatoms. The molecular formula is C17H17FN4O3. The predicted octanol–water partition coefficient (Wildman–Crippen LogP) is 1.90. The highest BCUT2D eigenvalue weighted by Crippen LogP contribution is 2.20. The number of nitrogens with one attached hydrogen (secondary N) is 3. The first-order valence-electron chi connectivity index (χ1n) is 7.83. The smallest absolute Gasteiger partial charge is 0.273 e. The Labute approximate surface area is 143 Å². The van der Waals surface area contributed by atoms with E-state index in [4.69, 9.17) is 4.74 Å². The number of anilines is 2. The Morgan fingerprint density at radius 1 is 1.16 bits per heavy atom. The highest BCUT2D eigenvalue weighted by molar-refractivity contribution is 6.00. The zero-order valence-electron chi connectivity index (χ0n) is 13.3. The molecule has 2 heterocycles. The van der Waals surface area contributed by atoms with Gasteiger partial charge in [-0.05, 0) is 37.1 Å². The number of ether oxygens (including phenoxy) is 1. The van der Waals surface area contributed by atoms with Crippen molar-refractivity contribution in [3.63, 3.8) is 0 Å².